The number of ether oxygens (including phenoxy) is 1. The summed E-state index contributed by atoms with van der Waals surface area (Å²) < 4.78 is 5.26. The number of piperidine rings is 1. The highest BCUT2D eigenvalue weighted by atomic mass is 35.5. The first-order valence-electron chi connectivity index (χ1n) is 8.51. The maximum Gasteiger partial charge on any atom is 0.227 e. The van der Waals surface area contributed by atoms with Crippen molar-refractivity contribution in [2.45, 2.75) is 19.3 Å². The van der Waals surface area contributed by atoms with Crippen molar-refractivity contribution in [3.8, 4) is 5.75 Å². The van der Waals surface area contributed by atoms with Gasteiger partial charge in [0.2, 0.25) is 11.8 Å². The highest BCUT2D eigenvalue weighted by Gasteiger charge is 2.28. The maximum absolute atomic E-state index is 12.6. The predicted molar refractivity (Wildman–Crippen MR) is 104 cm³/mol. The van der Waals surface area contributed by atoms with Crippen LogP contribution in [0.15, 0.2) is 35.7 Å². The third-order valence-electron chi connectivity index (χ3n) is 4.54. The van der Waals surface area contributed by atoms with E-state index in [1.54, 1.807) is 36.6 Å². The van der Waals surface area contributed by atoms with Crippen LogP contribution in [0.3, 0.4) is 0 Å². The van der Waals surface area contributed by atoms with Crippen molar-refractivity contribution < 1.29 is 14.3 Å². The summed E-state index contributed by atoms with van der Waals surface area (Å²) in [5.74, 6) is 0.523. The van der Waals surface area contributed by atoms with Gasteiger partial charge in [-0.2, -0.15) is 0 Å². The third kappa shape index (κ3) is 4.56. The van der Waals surface area contributed by atoms with E-state index in [4.69, 9.17) is 16.3 Å². The Kier molecular flexibility index (Phi) is 6.16. The van der Waals surface area contributed by atoms with Gasteiger partial charge in [0.1, 0.15) is 5.75 Å². The Balaban J connectivity index is 1.54. The molecule has 1 aliphatic rings. The van der Waals surface area contributed by atoms with Gasteiger partial charge in [0.15, 0.2) is 0 Å². The van der Waals surface area contributed by atoms with Crippen LogP contribution in [0.1, 0.15) is 17.7 Å². The largest absolute Gasteiger partial charge is 0.495 e. The van der Waals surface area contributed by atoms with Gasteiger partial charge in [-0.3, -0.25) is 9.59 Å². The van der Waals surface area contributed by atoms with Crippen LogP contribution in [0.4, 0.5) is 5.69 Å². The number of thiophene rings is 1. The average Bonchev–Trinajstić information content (AvgIpc) is 3.15. The SMILES string of the molecule is COc1ccc(Cl)cc1NC(=O)C1CCN(C(=O)Cc2cccs2)CC1. The van der Waals surface area contributed by atoms with Crippen molar-refractivity contribution in [2.24, 2.45) is 5.92 Å². The molecule has 3 rings (SSSR count). The van der Waals surface area contributed by atoms with Gasteiger partial charge in [-0.1, -0.05) is 17.7 Å². The molecule has 0 aliphatic carbocycles. The Morgan fingerprint density at radius 2 is 2.08 bits per heavy atom. The smallest absolute Gasteiger partial charge is 0.227 e. The van der Waals surface area contributed by atoms with E-state index >= 15 is 0 Å². The van der Waals surface area contributed by atoms with Crippen LogP contribution in [0.5, 0.6) is 5.75 Å². The fraction of sp³-hybridized carbons (Fsp3) is 0.368. The van der Waals surface area contributed by atoms with Gasteiger partial charge < -0.3 is 15.0 Å². The molecule has 0 saturated carbocycles. The number of amides is 2. The van der Waals surface area contributed by atoms with Crippen molar-refractivity contribution in [3.05, 3.63) is 45.6 Å². The molecule has 2 heterocycles. The maximum atomic E-state index is 12.6. The lowest BCUT2D eigenvalue weighted by Crippen LogP contribution is -2.42. The number of likely N-dealkylation sites (tertiary alicyclic amines) is 1. The summed E-state index contributed by atoms with van der Waals surface area (Å²) in [7, 11) is 1.55. The molecule has 1 N–H and O–H groups in total. The number of anilines is 1. The zero-order valence-electron chi connectivity index (χ0n) is 14.5. The minimum Gasteiger partial charge on any atom is -0.495 e. The Labute approximate surface area is 161 Å². The van der Waals surface area contributed by atoms with Crippen LogP contribution in [0.25, 0.3) is 0 Å². The van der Waals surface area contributed by atoms with Gasteiger partial charge in [-0.05, 0) is 42.5 Å². The fourth-order valence-electron chi connectivity index (χ4n) is 3.08. The fourth-order valence-corrected chi connectivity index (χ4v) is 3.95. The van der Waals surface area contributed by atoms with E-state index in [0.29, 0.717) is 48.8 Å². The molecule has 0 spiro atoms. The first kappa shape index (κ1) is 18.7. The molecule has 0 atom stereocenters. The number of carbonyl (C=O) groups is 2. The molecule has 26 heavy (non-hydrogen) atoms. The molecule has 2 aromatic rings. The lowest BCUT2D eigenvalue weighted by atomic mass is 9.95. The monoisotopic (exact) mass is 392 g/mol. The molecule has 1 saturated heterocycles. The van der Waals surface area contributed by atoms with E-state index in [-0.39, 0.29) is 17.7 Å². The van der Waals surface area contributed by atoms with E-state index in [0.717, 1.165) is 4.88 Å². The van der Waals surface area contributed by atoms with Gasteiger partial charge >= 0.3 is 0 Å². The molecule has 0 unspecified atom stereocenters. The van der Waals surface area contributed by atoms with Gasteiger partial charge in [0.25, 0.3) is 0 Å². The topological polar surface area (TPSA) is 58.6 Å². The molecule has 1 aliphatic heterocycles. The van der Waals surface area contributed by atoms with Crippen LogP contribution >= 0.6 is 22.9 Å². The van der Waals surface area contributed by atoms with E-state index in [2.05, 4.69) is 5.32 Å². The van der Waals surface area contributed by atoms with E-state index in [9.17, 15) is 9.59 Å². The lowest BCUT2D eigenvalue weighted by molar-refractivity contribution is -0.133. The number of benzene rings is 1. The summed E-state index contributed by atoms with van der Waals surface area (Å²) in [6, 6.07) is 9.05. The van der Waals surface area contributed by atoms with Crippen molar-refractivity contribution in [3.63, 3.8) is 0 Å². The summed E-state index contributed by atoms with van der Waals surface area (Å²) >= 11 is 7.60. The molecule has 138 valence electrons. The number of rotatable bonds is 5. The van der Waals surface area contributed by atoms with Gasteiger partial charge in [0, 0.05) is 28.9 Å². The van der Waals surface area contributed by atoms with Crippen LogP contribution < -0.4 is 10.1 Å². The van der Waals surface area contributed by atoms with E-state index in [1.807, 2.05) is 22.4 Å². The minimum atomic E-state index is -0.121. The first-order chi connectivity index (χ1) is 12.6. The Morgan fingerprint density at radius 1 is 1.31 bits per heavy atom. The number of hydrogen-bond acceptors (Lipinski definition) is 4. The first-order valence-corrected chi connectivity index (χ1v) is 9.77. The van der Waals surface area contributed by atoms with Crippen molar-refractivity contribution in [1.82, 2.24) is 4.90 Å². The molecule has 7 heteroatoms. The second kappa shape index (κ2) is 8.56. The summed E-state index contributed by atoms with van der Waals surface area (Å²) in [6.45, 7) is 1.21. The van der Waals surface area contributed by atoms with E-state index in [1.165, 1.54) is 0 Å². The number of methoxy groups -OCH3 is 1. The number of nitrogens with one attached hydrogen (secondary N) is 1. The lowest BCUT2D eigenvalue weighted by Gasteiger charge is -2.31. The number of hydrogen-bond donors (Lipinski definition) is 1. The Bertz CT molecular complexity index is 771. The molecular weight excluding hydrogens is 372 g/mol. The zero-order valence-corrected chi connectivity index (χ0v) is 16.1. The van der Waals surface area contributed by atoms with Crippen LogP contribution in [-0.2, 0) is 16.0 Å². The molecule has 1 fully saturated rings. The van der Waals surface area contributed by atoms with Crippen molar-refractivity contribution in [2.75, 3.05) is 25.5 Å². The van der Waals surface area contributed by atoms with Crippen LogP contribution in [-0.4, -0.2) is 36.9 Å². The quantitative estimate of drug-likeness (QED) is 0.841. The Morgan fingerprint density at radius 3 is 2.73 bits per heavy atom. The number of nitrogens with zero attached hydrogens (tertiary/aromatic N) is 1. The van der Waals surface area contributed by atoms with Gasteiger partial charge in [-0.15, -0.1) is 11.3 Å². The summed E-state index contributed by atoms with van der Waals surface area (Å²) in [4.78, 5) is 27.8. The highest BCUT2D eigenvalue weighted by molar-refractivity contribution is 7.10. The van der Waals surface area contributed by atoms with E-state index < -0.39 is 0 Å². The average molecular weight is 393 g/mol. The molecular formula is C19H21ClN2O3S. The molecule has 0 bridgehead atoms. The second-order valence-corrected chi connectivity index (χ2v) is 7.71. The number of carbonyl (C=O) groups excluding carboxylic acids is 2. The molecule has 1 aromatic carbocycles. The molecule has 5 nitrogen and oxygen atoms in total. The standard InChI is InChI=1S/C19H21ClN2O3S/c1-25-17-5-4-14(20)11-16(17)21-19(24)13-6-8-22(9-7-13)18(23)12-15-3-2-10-26-15/h2-5,10-11,13H,6-9,12H2,1H3,(H,21,24). The molecule has 2 amide bonds. The summed E-state index contributed by atoms with van der Waals surface area (Å²) in [6.07, 6.45) is 1.75. The second-order valence-electron chi connectivity index (χ2n) is 6.25. The van der Waals surface area contributed by atoms with Crippen LogP contribution in [0.2, 0.25) is 5.02 Å². The predicted octanol–water partition coefficient (Wildman–Crippen LogP) is 3.83. The minimum absolute atomic E-state index is 0.0593. The van der Waals surface area contributed by atoms with Gasteiger partial charge in [0.05, 0.1) is 19.2 Å². The third-order valence-corrected chi connectivity index (χ3v) is 5.65. The summed E-state index contributed by atoms with van der Waals surface area (Å²) in [5.41, 5.74) is 0.571. The van der Waals surface area contributed by atoms with Crippen LogP contribution in [0, 0.1) is 5.92 Å². The Hall–Kier alpha value is -2.05. The van der Waals surface area contributed by atoms with Crippen molar-refractivity contribution >= 4 is 40.4 Å². The molecule has 1 aromatic heterocycles. The highest BCUT2D eigenvalue weighted by Crippen LogP contribution is 2.29. The number of halogens is 1. The normalized spacial score (nSPS) is 14.9. The van der Waals surface area contributed by atoms with Crippen molar-refractivity contribution in [1.29, 1.82) is 0 Å². The zero-order chi connectivity index (χ0) is 18.5. The van der Waals surface area contributed by atoms with Gasteiger partial charge in [-0.25, -0.2) is 0 Å². The summed E-state index contributed by atoms with van der Waals surface area (Å²) in [5, 5.41) is 5.41. The molecule has 0 radical (unpaired) electrons.